The highest BCUT2D eigenvalue weighted by molar-refractivity contribution is 6.13. The van der Waals surface area contributed by atoms with Crippen LogP contribution in [0.2, 0.25) is 0 Å². The number of fused-ring (bicyclic) bond motifs is 2. The predicted molar refractivity (Wildman–Crippen MR) is 158 cm³/mol. The molecule has 0 saturated carbocycles. The number of piperazine rings is 1. The molecule has 5 rings (SSSR count). The molecule has 2 aliphatic heterocycles. The van der Waals surface area contributed by atoms with E-state index in [1.54, 1.807) is 25.3 Å². The van der Waals surface area contributed by atoms with Gasteiger partial charge in [-0.3, -0.25) is 9.69 Å². The highest BCUT2D eigenvalue weighted by atomic mass is 16.5. The monoisotopic (exact) mass is 529 g/mol. The Kier molecular flexibility index (Phi) is 8.16. The van der Waals surface area contributed by atoms with Gasteiger partial charge in [0.25, 0.3) is 5.91 Å². The van der Waals surface area contributed by atoms with Gasteiger partial charge in [-0.05, 0) is 37.2 Å². The van der Waals surface area contributed by atoms with E-state index in [2.05, 4.69) is 39.2 Å². The summed E-state index contributed by atoms with van der Waals surface area (Å²) in [6.45, 7) is 7.66. The lowest BCUT2D eigenvalue weighted by Gasteiger charge is -2.36. The molecule has 9 heteroatoms. The minimum absolute atomic E-state index is 0.0879. The lowest BCUT2D eigenvalue weighted by molar-refractivity contribution is 0.0994. The molecule has 206 valence electrons. The molecule has 0 bridgehead atoms. The van der Waals surface area contributed by atoms with Crippen molar-refractivity contribution in [3.8, 4) is 5.75 Å². The van der Waals surface area contributed by atoms with Crippen molar-refractivity contribution in [3.63, 3.8) is 0 Å². The number of amides is 1. The zero-order valence-corrected chi connectivity index (χ0v) is 23.5. The molecule has 1 aromatic heterocycles. The third-order valence-corrected chi connectivity index (χ3v) is 7.73. The smallest absolute Gasteiger partial charge is 0.260 e. The van der Waals surface area contributed by atoms with E-state index in [1.807, 2.05) is 42.3 Å². The molecule has 2 aliphatic rings. The van der Waals surface area contributed by atoms with Gasteiger partial charge in [-0.15, -0.1) is 0 Å². The van der Waals surface area contributed by atoms with Gasteiger partial charge in [0.15, 0.2) is 5.82 Å². The van der Waals surface area contributed by atoms with Gasteiger partial charge in [0.2, 0.25) is 5.95 Å². The number of nitrogens with one attached hydrogen (secondary N) is 1. The van der Waals surface area contributed by atoms with Crippen molar-refractivity contribution in [2.24, 2.45) is 0 Å². The van der Waals surface area contributed by atoms with Crippen molar-refractivity contribution in [1.29, 1.82) is 0 Å². The molecule has 3 aromatic rings. The number of para-hydroxylation sites is 1. The molecule has 2 aromatic carbocycles. The van der Waals surface area contributed by atoms with Gasteiger partial charge >= 0.3 is 0 Å². The minimum Gasteiger partial charge on any atom is -0.494 e. The lowest BCUT2D eigenvalue weighted by atomic mass is 10.1. The van der Waals surface area contributed by atoms with Gasteiger partial charge in [-0.25, -0.2) is 4.98 Å². The number of rotatable bonds is 9. The second-order valence-electron chi connectivity index (χ2n) is 10.2. The largest absolute Gasteiger partial charge is 0.494 e. The number of hydrogen-bond acceptors (Lipinski definition) is 8. The van der Waals surface area contributed by atoms with Crippen LogP contribution in [0.5, 0.6) is 5.75 Å². The van der Waals surface area contributed by atoms with E-state index in [4.69, 9.17) is 9.72 Å². The molecule has 0 unspecified atom stereocenters. The highest BCUT2D eigenvalue weighted by Gasteiger charge is 2.29. The number of carbonyl (C=O) groups excluding carboxylic acids is 1. The van der Waals surface area contributed by atoms with Crippen molar-refractivity contribution in [2.45, 2.75) is 32.6 Å². The summed E-state index contributed by atoms with van der Waals surface area (Å²) in [5.41, 5.74) is 4.03. The fourth-order valence-corrected chi connectivity index (χ4v) is 5.35. The van der Waals surface area contributed by atoms with Crippen LogP contribution in [0.25, 0.3) is 0 Å². The van der Waals surface area contributed by atoms with Gasteiger partial charge in [0.1, 0.15) is 11.4 Å². The first-order valence-electron chi connectivity index (χ1n) is 13.9. The van der Waals surface area contributed by atoms with Crippen LogP contribution >= 0.6 is 0 Å². The van der Waals surface area contributed by atoms with Gasteiger partial charge in [-0.2, -0.15) is 4.98 Å². The number of nitrogens with zero attached hydrogens (tertiary/aromatic N) is 6. The van der Waals surface area contributed by atoms with Gasteiger partial charge in [0.05, 0.1) is 30.2 Å². The summed E-state index contributed by atoms with van der Waals surface area (Å²) in [6, 6.07) is 13.8. The Balaban J connectivity index is 1.30. The van der Waals surface area contributed by atoms with E-state index < -0.39 is 0 Å². The molecule has 0 radical (unpaired) electrons. The van der Waals surface area contributed by atoms with Crippen molar-refractivity contribution < 1.29 is 9.53 Å². The first kappa shape index (κ1) is 26.7. The average molecular weight is 530 g/mol. The van der Waals surface area contributed by atoms with Crippen molar-refractivity contribution in [2.75, 3.05) is 73.9 Å². The normalized spacial score (nSPS) is 15.6. The van der Waals surface area contributed by atoms with Gasteiger partial charge < -0.3 is 24.8 Å². The van der Waals surface area contributed by atoms with E-state index in [0.717, 1.165) is 49.0 Å². The Morgan fingerprint density at radius 2 is 1.74 bits per heavy atom. The summed E-state index contributed by atoms with van der Waals surface area (Å²) in [5, 5.41) is 3.33. The molecule has 0 aliphatic carbocycles. The zero-order chi connectivity index (χ0) is 27.4. The average Bonchev–Trinajstić information content (AvgIpc) is 3.05. The van der Waals surface area contributed by atoms with E-state index in [-0.39, 0.29) is 5.91 Å². The zero-order valence-electron chi connectivity index (χ0n) is 23.5. The van der Waals surface area contributed by atoms with Crippen LogP contribution in [-0.4, -0.2) is 74.7 Å². The highest BCUT2D eigenvalue weighted by Crippen LogP contribution is 2.39. The number of ether oxygens (including phenoxy) is 1. The van der Waals surface area contributed by atoms with Gasteiger partial charge in [-0.1, -0.05) is 38.3 Å². The Hall–Kier alpha value is -3.85. The van der Waals surface area contributed by atoms with Crippen LogP contribution in [0.15, 0.2) is 48.7 Å². The second kappa shape index (κ2) is 11.9. The lowest BCUT2D eigenvalue weighted by Crippen LogP contribution is -2.46. The number of aromatic nitrogens is 2. The van der Waals surface area contributed by atoms with Crippen LogP contribution < -0.4 is 24.8 Å². The Morgan fingerprint density at radius 1 is 0.949 bits per heavy atom. The number of unbranched alkanes of at least 4 members (excludes halogenated alkanes) is 3. The molecule has 1 saturated heterocycles. The number of carbonyl (C=O) groups is 1. The molecular weight excluding hydrogens is 490 g/mol. The van der Waals surface area contributed by atoms with Gasteiger partial charge in [0, 0.05) is 52.0 Å². The third-order valence-electron chi connectivity index (χ3n) is 7.73. The predicted octanol–water partition coefficient (Wildman–Crippen LogP) is 5.29. The molecule has 1 fully saturated rings. The van der Waals surface area contributed by atoms with Crippen LogP contribution in [0.4, 0.5) is 34.5 Å². The molecule has 3 heterocycles. The second-order valence-corrected chi connectivity index (χ2v) is 10.2. The Bertz CT molecular complexity index is 1310. The standard InChI is InChI=1S/C30H39N7O2/c1-5-6-7-10-15-36-16-18-37(19-17-36)22-13-14-24(27(20-22)39-4)32-30-31-21-26-28(33-30)34(2)25-12-9-8-11-23(25)29(38)35(26)3/h8-9,11-14,20-21H,5-7,10,15-19H2,1-4H3,(H,31,32,33). The van der Waals surface area contributed by atoms with Crippen molar-refractivity contribution >= 4 is 40.4 Å². The topological polar surface area (TPSA) is 77.1 Å². The maximum absolute atomic E-state index is 13.1. The summed E-state index contributed by atoms with van der Waals surface area (Å²) in [6.07, 6.45) is 6.92. The molecular formula is C30H39N7O2. The SMILES string of the molecule is CCCCCCN1CCN(c2ccc(Nc3ncc4c(n3)N(C)c3ccccc3C(=O)N4C)c(OC)c2)CC1. The fraction of sp³-hybridized carbons (Fsp3) is 0.433. The maximum atomic E-state index is 13.1. The summed E-state index contributed by atoms with van der Waals surface area (Å²) < 4.78 is 5.76. The molecule has 39 heavy (non-hydrogen) atoms. The molecule has 1 amide bonds. The number of benzene rings is 2. The summed E-state index contributed by atoms with van der Waals surface area (Å²) in [7, 11) is 5.35. The number of hydrogen-bond donors (Lipinski definition) is 1. The van der Waals surface area contributed by atoms with E-state index in [9.17, 15) is 4.79 Å². The third kappa shape index (κ3) is 5.63. The quantitative estimate of drug-likeness (QED) is 0.375. The first-order chi connectivity index (χ1) is 19.0. The van der Waals surface area contributed by atoms with E-state index in [1.165, 1.54) is 32.2 Å². The van der Waals surface area contributed by atoms with Crippen molar-refractivity contribution in [1.82, 2.24) is 14.9 Å². The molecule has 1 N–H and O–H groups in total. The summed E-state index contributed by atoms with van der Waals surface area (Å²) in [4.78, 5) is 30.9. The Morgan fingerprint density at radius 3 is 2.51 bits per heavy atom. The van der Waals surface area contributed by atoms with E-state index >= 15 is 0 Å². The fourth-order valence-electron chi connectivity index (χ4n) is 5.35. The molecule has 0 atom stereocenters. The summed E-state index contributed by atoms with van der Waals surface area (Å²) in [5.74, 6) is 1.73. The number of methoxy groups -OCH3 is 1. The molecule has 0 spiro atoms. The van der Waals surface area contributed by atoms with Crippen LogP contribution in [-0.2, 0) is 0 Å². The van der Waals surface area contributed by atoms with Crippen LogP contribution in [0.3, 0.4) is 0 Å². The first-order valence-corrected chi connectivity index (χ1v) is 13.9. The van der Waals surface area contributed by atoms with Crippen LogP contribution in [0.1, 0.15) is 43.0 Å². The van der Waals surface area contributed by atoms with Crippen LogP contribution in [0, 0.1) is 0 Å². The maximum Gasteiger partial charge on any atom is 0.260 e. The number of anilines is 6. The Labute approximate surface area is 231 Å². The summed E-state index contributed by atoms with van der Waals surface area (Å²) >= 11 is 0. The minimum atomic E-state index is -0.0879. The van der Waals surface area contributed by atoms with E-state index in [0.29, 0.717) is 23.0 Å². The molecule has 9 nitrogen and oxygen atoms in total. The van der Waals surface area contributed by atoms with Crippen molar-refractivity contribution in [3.05, 3.63) is 54.2 Å².